The van der Waals surface area contributed by atoms with Gasteiger partial charge in [-0.3, -0.25) is 62.3 Å². The summed E-state index contributed by atoms with van der Waals surface area (Å²) in [6.07, 6.45) is 10.8. The van der Waals surface area contributed by atoms with Gasteiger partial charge in [-0.05, 0) is 144 Å². The number of aliphatic carboxylic acids is 2. The first kappa shape index (κ1) is 109. The fourth-order valence-corrected chi connectivity index (χ4v) is 12.8. The summed E-state index contributed by atoms with van der Waals surface area (Å²) >= 11 is 0. The first-order valence-corrected chi connectivity index (χ1v) is 43.9. The van der Waals surface area contributed by atoms with Crippen molar-refractivity contribution in [2.24, 2.45) is 17.3 Å². The highest BCUT2D eigenvalue weighted by atomic mass is 16.5. The maximum atomic E-state index is 13.9. The smallest absolute Gasteiger partial charge is 0.326 e. The number of nitrogens with zero attached hydrogens (tertiary/aromatic N) is 1. The summed E-state index contributed by atoms with van der Waals surface area (Å²) in [6, 6.07) is 14.7. The Bertz CT molecular complexity index is 3650. The standard InChI is InChI=1S/C91H143N9O24/c1-66(101)77(24-11-13-42-94-84(110)62-122-55-51-118-47-17-23-76(104)61-121-54-52-119-48-44-95-81(107)39-31-70(86(112)113)58-75(103)21-14-18-67-26-32-71(33-27-67)89(2,3)4)98-60-79(105)69(30-38-80(106)91(8,9)88(116)97-43-40-73-59-92-65-99-73)20-10-12-41-93-83(109)63-124-57-53-120-49-45-96-85(111)64-123-56-50-117-46-16-22-74(102)36-37-78(87(114)115)100-82(108)25-15-19-68-28-34-72(35-29-68)90(5,6)7/h26-29,32-35,59,65,69-70,77-78,98H,10-25,30-31,36-58,60-64H2,1-9H3,(H,92,99)(H,93,109)(H,94,110)(H,95,107)(H,96,111)(H,97,116)(H,100,108)(H,112,113)(H,114,115)/t69-,70-,77+,78+/m1/s1. The number of benzene rings is 2. The molecular formula is C91H143N9O24. The summed E-state index contributed by atoms with van der Waals surface area (Å²) in [5.41, 5.74) is 4.19. The molecule has 1 heterocycles. The topological polar surface area (TPSA) is 466 Å². The highest BCUT2D eigenvalue weighted by Gasteiger charge is 2.36. The van der Waals surface area contributed by atoms with Crippen LogP contribution in [0.3, 0.4) is 0 Å². The molecule has 2 aromatic carbocycles. The lowest BCUT2D eigenvalue weighted by Gasteiger charge is -2.24. The van der Waals surface area contributed by atoms with Crippen molar-refractivity contribution >= 4 is 82.1 Å². The van der Waals surface area contributed by atoms with E-state index in [4.69, 9.17) is 37.9 Å². The predicted octanol–water partition coefficient (Wildman–Crippen LogP) is 7.24. The molecule has 0 bridgehead atoms. The Morgan fingerprint density at radius 3 is 1.36 bits per heavy atom. The number of hydrogen-bond donors (Lipinski definition) is 10. The Kier molecular flexibility index (Phi) is 56.3. The number of amides is 6. The summed E-state index contributed by atoms with van der Waals surface area (Å²) in [4.78, 5) is 184. The van der Waals surface area contributed by atoms with Gasteiger partial charge in [0, 0.05) is 122 Å². The van der Waals surface area contributed by atoms with E-state index in [9.17, 15) is 77.3 Å². The number of aryl methyl sites for hydroxylation is 2. The second-order valence-electron chi connectivity index (χ2n) is 33.6. The van der Waals surface area contributed by atoms with Gasteiger partial charge in [0.15, 0.2) is 5.78 Å². The van der Waals surface area contributed by atoms with Crippen molar-refractivity contribution in [1.82, 2.24) is 47.2 Å². The minimum atomic E-state index is -1.38. The van der Waals surface area contributed by atoms with E-state index in [1.807, 2.05) is 12.1 Å². The molecule has 0 fully saturated rings. The molecule has 33 nitrogen and oxygen atoms in total. The number of carbonyl (C=O) groups is 14. The van der Waals surface area contributed by atoms with Crippen LogP contribution in [0.1, 0.15) is 225 Å². The summed E-state index contributed by atoms with van der Waals surface area (Å²) in [7, 11) is 0. The lowest BCUT2D eigenvalue weighted by molar-refractivity contribution is -0.144. The molecule has 0 aliphatic carbocycles. The van der Waals surface area contributed by atoms with E-state index >= 15 is 0 Å². The van der Waals surface area contributed by atoms with E-state index in [1.165, 1.54) is 24.4 Å². The van der Waals surface area contributed by atoms with Gasteiger partial charge in [-0.15, -0.1) is 0 Å². The molecule has 0 radical (unpaired) electrons. The van der Waals surface area contributed by atoms with Crippen molar-refractivity contribution in [1.29, 1.82) is 0 Å². The highest BCUT2D eigenvalue weighted by Crippen LogP contribution is 2.27. The number of imidazole rings is 1. The number of ether oxygens (including phenoxy) is 8. The predicted molar refractivity (Wildman–Crippen MR) is 464 cm³/mol. The molecule has 124 heavy (non-hydrogen) atoms. The average molecular weight is 1750 g/mol. The van der Waals surface area contributed by atoms with Crippen LogP contribution in [0, 0.1) is 17.3 Å². The van der Waals surface area contributed by atoms with E-state index in [0.29, 0.717) is 96.6 Å². The monoisotopic (exact) mass is 1750 g/mol. The molecule has 0 spiro atoms. The molecule has 696 valence electrons. The number of aromatic nitrogens is 2. The Morgan fingerprint density at radius 2 is 0.863 bits per heavy atom. The number of aromatic amines is 1. The number of Topliss-reactive ketones (excluding diaryl/α,β-unsaturated/α-hetero) is 6. The second kappa shape index (κ2) is 63.9. The zero-order valence-corrected chi connectivity index (χ0v) is 74.9. The normalized spacial score (nSPS) is 12.6. The lowest BCUT2D eigenvalue weighted by atomic mass is 9.82. The maximum Gasteiger partial charge on any atom is 0.326 e. The Hall–Kier alpha value is -8.93. The van der Waals surface area contributed by atoms with E-state index < -0.39 is 47.2 Å². The first-order chi connectivity index (χ1) is 59.1. The number of unbranched alkanes of at least 4 members (excludes halogenated alkanes) is 2. The summed E-state index contributed by atoms with van der Waals surface area (Å²) in [5, 5.41) is 38.7. The molecule has 10 N–H and O–H groups in total. The van der Waals surface area contributed by atoms with Crippen molar-refractivity contribution in [3.63, 3.8) is 0 Å². The number of carboxylic acid groups (broad SMARTS) is 2. The van der Waals surface area contributed by atoms with Gasteiger partial charge in [0.25, 0.3) is 0 Å². The molecule has 4 atom stereocenters. The van der Waals surface area contributed by atoms with Crippen LogP contribution in [-0.4, -0.2) is 259 Å². The third-order valence-corrected chi connectivity index (χ3v) is 20.6. The van der Waals surface area contributed by atoms with Crippen LogP contribution >= 0.6 is 0 Å². The van der Waals surface area contributed by atoms with E-state index in [2.05, 4.69) is 125 Å². The SMILES string of the molecule is CC(=O)[C@H](CCCCNC(=O)COCCOCCCC(=O)COCCOCCNC(=O)CC[C@H](CC(=O)CCCc1ccc(C(C)(C)C)cc1)C(=O)O)NCC(=O)[C@H](CCCCNC(=O)COCCOCCNC(=O)COCCOCCCC(=O)CC[C@H](NC(=O)CCCc1ccc(C(C)(C)C)cc1)C(=O)O)CCC(=O)C(C)(C)C(=O)NCCc1cnc[nH]1. The van der Waals surface area contributed by atoms with E-state index in [-0.39, 0.29) is 278 Å². The zero-order chi connectivity index (χ0) is 91.4. The van der Waals surface area contributed by atoms with Crippen LogP contribution in [0.2, 0.25) is 0 Å². The molecular weight excluding hydrogens is 1600 g/mol. The Morgan fingerprint density at radius 1 is 0.395 bits per heavy atom. The average Bonchev–Trinajstić information content (AvgIpc) is 0.918. The number of H-pyrrole nitrogens is 1. The number of nitrogens with one attached hydrogen (secondary N) is 8. The van der Waals surface area contributed by atoms with Crippen molar-refractivity contribution in [3.05, 3.63) is 89.0 Å². The van der Waals surface area contributed by atoms with Gasteiger partial charge in [-0.25, -0.2) is 9.78 Å². The van der Waals surface area contributed by atoms with Crippen molar-refractivity contribution in [2.45, 2.75) is 239 Å². The van der Waals surface area contributed by atoms with Gasteiger partial charge in [-0.2, -0.15) is 0 Å². The maximum absolute atomic E-state index is 13.9. The van der Waals surface area contributed by atoms with Gasteiger partial charge in [0.05, 0.1) is 90.9 Å². The largest absolute Gasteiger partial charge is 0.481 e. The zero-order valence-electron chi connectivity index (χ0n) is 74.9. The minimum Gasteiger partial charge on any atom is -0.481 e. The van der Waals surface area contributed by atoms with Crippen molar-refractivity contribution in [2.75, 3.05) is 145 Å². The van der Waals surface area contributed by atoms with E-state index in [1.54, 1.807) is 20.0 Å². The molecule has 0 saturated carbocycles. The first-order valence-electron chi connectivity index (χ1n) is 43.9. The van der Waals surface area contributed by atoms with Crippen LogP contribution in [0.15, 0.2) is 61.1 Å². The summed E-state index contributed by atoms with van der Waals surface area (Å²) in [5.74, 6) is -7.21. The molecule has 6 amide bonds. The highest BCUT2D eigenvalue weighted by molar-refractivity contribution is 6.05. The molecule has 0 unspecified atom stereocenters. The molecule has 0 aliphatic heterocycles. The minimum absolute atomic E-state index is 0.00107. The van der Waals surface area contributed by atoms with Crippen LogP contribution in [0.4, 0.5) is 0 Å². The number of carbonyl (C=O) groups excluding carboxylic acids is 12. The van der Waals surface area contributed by atoms with Crippen LogP contribution in [0.5, 0.6) is 0 Å². The quantitative estimate of drug-likeness (QED) is 0.0196. The number of carboxylic acids is 2. The number of rotatable bonds is 76. The van der Waals surface area contributed by atoms with Gasteiger partial charge < -0.3 is 90.3 Å². The molecule has 3 rings (SSSR count). The fraction of sp³-hybridized carbons (Fsp3) is 0.681. The third kappa shape index (κ3) is 52.8. The van der Waals surface area contributed by atoms with Crippen LogP contribution < -0.4 is 37.2 Å². The molecule has 0 aliphatic rings. The molecule has 3 aromatic rings. The lowest BCUT2D eigenvalue weighted by Crippen LogP contribution is -2.43. The van der Waals surface area contributed by atoms with Crippen LogP contribution in [0.25, 0.3) is 0 Å². The van der Waals surface area contributed by atoms with Gasteiger partial charge in [0.2, 0.25) is 35.4 Å². The van der Waals surface area contributed by atoms with Crippen molar-refractivity contribution < 1.29 is 115 Å². The van der Waals surface area contributed by atoms with Gasteiger partial charge in [0.1, 0.15) is 66.8 Å². The molecule has 1 aromatic heterocycles. The van der Waals surface area contributed by atoms with Crippen LogP contribution in [-0.2, 0) is 135 Å². The molecule has 0 saturated heterocycles. The fourth-order valence-electron chi connectivity index (χ4n) is 12.8. The number of hydrogen-bond acceptors (Lipinski definition) is 24. The summed E-state index contributed by atoms with van der Waals surface area (Å²) in [6.45, 7) is 20.0. The van der Waals surface area contributed by atoms with Gasteiger partial charge >= 0.3 is 11.9 Å². The summed E-state index contributed by atoms with van der Waals surface area (Å²) < 4.78 is 43.7. The second-order valence-corrected chi connectivity index (χ2v) is 33.6. The Balaban J connectivity index is 1.21. The third-order valence-electron chi connectivity index (χ3n) is 20.6. The van der Waals surface area contributed by atoms with E-state index in [0.717, 1.165) is 16.8 Å². The van der Waals surface area contributed by atoms with Gasteiger partial charge in [-0.1, -0.05) is 96.5 Å². The Labute approximate surface area is 731 Å². The molecule has 33 heteroatoms. The van der Waals surface area contributed by atoms with Crippen molar-refractivity contribution in [3.8, 4) is 0 Å². The number of ketones is 6.